The molecule has 0 amide bonds. The van der Waals surface area contributed by atoms with E-state index in [1.807, 2.05) is 13.8 Å². The molecule has 0 aliphatic heterocycles. The highest BCUT2D eigenvalue weighted by Gasteiger charge is 2.15. The van der Waals surface area contributed by atoms with Gasteiger partial charge in [-0.1, -0.05) is 26.7 Å². The second-order valence-electron chi connectivity index (χ2n) is 3.40. The maximum atomic E-state index is 9.45. The molecule has 0 fully saturated rings. The largest absolute Gasteiger partial charge is 0.394 e. The zero-order valence-corrected chi connectivity index (χ0v) is 9.08. The summed E-state index contributed by atoms with van der Waals surface area (Å²) in [5, 5.41) is 24.7. The molecule has 0 radical (unpaired) electrons. The van der Waals surface area contributed by atoms with Gasteiger partial charge in [-0.2, -0.15) is 0 Å². The average Bonchev–Trinajstić information content (AvgIpc) is 2.15. The maximum Gasteiger partial charge on any atom is 0.0662 e. The second kappa shape index (κ2) is 9.96. The van der Waals surface area contributed by atoms with Crippen LogP contribution in [0.3, 0.4) is 0 Å². The van der Waals surface area contributed by atoms with E-state index in [9.17, 15) is 5.11 Å². The molecule has 0 bridgehead atoms. The summed E-state index contributed by atoms with van der Waals surface area (Å²) in [6.07, 6.45) is 4.13. The molecule has 0 heterocycles. The molecule has 0 aliphatic rings. The lowest BCUT2D eigenvalue weighted by molar-refractivity contribution is 0.0447. The molecule has 0 saturated carbocycles. The summed E-state index contributed by atoms with van der Waals surface area (Å²) in [6, 6.07) is 0. The molecule has 0 aromatic rings. The Balaban J connectivity index is 0. The van der Waals surface area contributed by atoms with Gasteiger partial charge in [-0.25, -0.2) is 0 Å². The van der Waals surface area contributed by atoms with Crippen LogP contribution in [0.2, 0.25) is 0 Å². The van der Waals surface area contributed by atoms with Gasteiger partial charge >= 0.3 is 0 Å². The van der Waals surface area contributed by atoms with Crippen molar-refractivity contribution in [3.63, 3.8) is 0 Å². The van der Waals surface area contributed by atoms with Crippen molar-refractivity contribution in [2.75, 3.05) is 13.2 Å². The van der Waals surface area contributed by atoms with Crippen molar-refractivity contribution in [2.24, 2.45) is 0 Å². The molecule has 1 atom stereocenters. The van der Waals surface area contributed by atoms with Crippen LogP contribution in [0.1, 0.15) is 46.5 Å². The molecular weight excluding hydrogens is 168 g/mol. The quantitative estimate of drug-likeness (QED) is 0.615. The molecule has 0 saturated heterocycles. The molecule has 1 unspecified atom stereocenters. The third-order valence-corrected chi connectivity index (χ3v) is 1.93. The number of hydrogen-bond acceptors (Lipinski definition) is 3. The van der Waals surface area contributed by atoms with Crippen LogP contribution < -0.4 is 0 Å². The fourth-order valence-electron chi connectivity index (χ4n) is 0.734. The summed E-state index contributed by atoms with van der Waals surface area (Å²) >= 11 is 0. The highest BCUT2D eigenvalue weighted by atomic mass is 16.3. The number of aliphatic hydroxyl groups excluding tert-OH is 2. The Labute approximate surface area is 81.4 Å². The topological polar surface area (TPSA) is 60.7 Å². The number of rotatable bonds is 5. The molecule has 0 aliphatic carbocycles. The highest BCUT2D eigenvalue weighted by molar-refractivity contribution is 4.68. The Kier molecular flexibility index (Phi) is 11.8. The van der Waals surface area contributed by atoms with Crippen LogP contribution >= 0.6 is 0 Å². The van der Waals surface area contributed by atoms with Crippen LogP contribution in [0.25, 0.3) is 0 Å². The smallest absolute Gasteiger partial charge is 0.0662 e. The Bertz CT molecular complexity index is 90.2. The third kappa shape index (κ3) is 14.7. The maximum absolute atomic E-state index is 9.45. The van der Waals surface area contributed by atoms with Crippen LogP contribution in [0.4, 0.5) is 0 Å². The van der Waals surface area contributed by atoms with Gasteiger partial charge < -0.3 is 15.3 Å². The molecule has 3 N–H and O–H groups in total. The summed E-state index contributed by atoms with van der Waals surface area (Å²) in [4.78, 5) is 0. The summed E-state index contributed by atoms with van der Waals surface area (Å²) in [5.41, 5.74) is -0.407. The molecule has 82 valence electrons. The predicted molar refractivity (Wildman–Crippen MR) is 54.6 cm³/mol. The van der Waals surface area contributed by atoms with Gasteiger partial charge in [0.1, 0.15) is 0 Å². The van der Waals surface area contributed by atoms with Crippen molar-refractivity contribution in [3.8, 4) is 0 Å². The zero-order chi connectivity index (χ0) is 10.7. The van der Waals surface area contributed by atoms with E-state index < -0.39 is 5.60 Å². The molecule has 0 spiro atoms. The summed E-state index contributed by atoms with van der Waals surface area (Å²) in [6.45, 7) is 5.82. The van der Waals surface area contributed by atoms with Crippen LogP contribution in [-0.4, -0.2) is 34.1 Å². The van der Waals surface area contributed by atoms with Gasteiger partial charge in [0.25, 0.3) is 0 Å². The van der Waals surface area contributed by atoms with Crippen molar-refractivity contribution in [1.82, 2.24) is 0 Å². The predicted octanol–water partition coefficient (Wildman–Crippen LogP) is 1.31. The minimum absolute atomic E-state index is 0.125. The normalized spacial score (nSPS) is 14.3. The Hall–Kier alpha value is -0.120. The molecule has 13 heavy (non-hydrogen) atoms. The van der Waals surface area contributed by atoms with E-state index in [-0.39, 0.29) is 13.2 Å². The van der Waals surface area contributed by atoms with Gasteiger partial charge in [0, 0.05) is 0 Å². The minimum atomic E-state index is -0.407. The van der Waals surface area contributed by atoms with Crippen molar-refractivity contribution in [1.29, 1.82) is 0 Å². The Morgan fingerprint density at radius 2 is 1.54 bits per heavy atom. The first-order chi connectivity index (χ1) is 6.04. The average molecular weight is 192 g/mol. The molecule has 0 rings (SSSR count). The summed E-state index contributed by atoms with van der Waals surface area (Å²) in [7, 11) is 0. The number of unbranched alkanes of at least 4 members (excludes halogenated alkanes) is 1. The molecule has 3 heteroatoms. The van der Waals surface area contributed by atoms with E-state index in [0.717, 1.165) is 19.3 Å². The van der Waals surface area contributed by atoms with Gasteiger partial charge in [0.05, 0.1) is 18.8 Å². The van der Waals surface area contributed by atoms with Gasteiger partial charge in [0.15, 0.2) is 0 Å². The van der Waals surface area contributed by atoms with E-state index in [4.69, 9.17) is 10.2 Å². The molecule has 3 nitrogen and oxygen atoms in total. The fourth-order valence-corrected chi connectivity index (χ4v) is 0.734. The van der Waals surface area contributed by atoms with Gasteiger partial charge in [-0.05, 0) is 19.8 Å². The van der Waals surface area contributed by atoms with Crippen LogP contribution in [0.5, 0.6) is 0 Å². The lowest BCUT2D eigenvalue weighted by Gasteiger charge is -2.20. The SMILES string of the molecule is CCCCC(C)(O)CC.OCCO. The van der Waals surface area contributed by atoms with Crippen molar-refractivity contribution >= 4 is 0 Å². The first kappa shape index (κ1) is 15.4. The Morgan fingerprint density at radius 1 is 1.08 bits per heavy atom. The second-order valence-corrected chi connectivity index (χ2v) is 3.40. The fraction of sp³-hybridized carbons (Fsp3) is 1.00. The summed E-state index contributed by atoms with van der Waals surface area (Å²) < 4.78 is 0. The molecular formula is C10H24O3. The third-order valence-electron chi connectivity index (χ3n) is 1.93. The van der Waals surface area contributed by atoms with E-state index in [0.29, 0.717) is 0 Å². The standard InChI is InChI=1S/C8H18O.C2H6O2/c1-4-6-7-8(3,9)5-2;3-1-2-4/h9H,4-7H2,1-3H3;3-4H,1-2H2. The number of aliphatic hydroxyl groups is 3. The van der Waals surface area contributed by atoms with Gasteiger partial charge in [-0.3, -0.25) is 0 Å². The summed E-state index contributed by atoms with van der Waals surface area (Å²) in [5.74, 6) is 0. The van der Waals surface area contributed by atoms with Gasteiger partial charge in [0.2, 0.25) is 0 Å². The van der Waals surface area contributed by atoms with E-state index in [1.54, 1.807) is 0 Å². The number of hydrogen-bond donors (Lipinski definition) is 3. The molecule has 0 aromatic carbocycles. The van der Waals surface area contributed by atoms with Crippen molar-refractivity contribution in [2.45, 2.75) is 52.1 Å². The van der Waals surface area contributed by atoms with E-state index in [1.165, 1.54) is 6.42 Å². The monoisotopic (exact) mass is 192 g/mol. The van der Waals surface area contributed by atoms with E-state index >= 15 is 0 Å². The zero-order valence-electron chi connectivity index (χ0n) is 9.08. The highest BCUT2D eigenvalue weighted by Crippen LogP contribution is 2.16. The lowest BCUT2D eigenvalue weighted by Crippen LogP contribution is -2.21. The van der Waals surface area contributed by atoms with Crippen LogP contribution in [0.15, 0.2) is 0 Å². The first-order valence-corrected chi connectivity index (χ1v) is 4.98. The van der Waals surface area contributed by atoms with E-state index in [2.05, 4.69) is 6.92 Å². The van der Waals surface area contributed by atoms with Crippen LogP contribution in [0, 0.1) is 0 Å². The Morgan fingerprint density at radius 3 is 1.77 bits per heavy atom. The van der Waals surface area contributed by atoms with Crippen LogP contribution in [-0.2, 0) is 0 Å². The first-order valence-electron chi connectivity index (χ1n) is 4.98. The van der Waals surface area contributed by atoms with Crippen molar-refractivity contribution in [3.05, 3.63) is 0 Å². The van der Waals surface area contributed by atoms with Gasteiger partial charge in [-0.15, -0.1) is 0 Å². The van der Waals surface area contributed by atoms with Crippen molar-refractivity contribution < 1.29 is 15.3 Å². The lowest BCUT2D eigenvalue weighted by atomic mass is 9.97. The molecule has 0 aromatic heterocycles. The minimum Gasteiger partial charge on any atom is -0.394 e.